The second-order valence-corrected chi connectivity index (χ2v) is 10.0. The Morgan fingerprint density at radius 3 is 2.33 bits per heavy atom. The molecule has 0 radical (unpaired) electrons. The number of pyridine rings is 1. The smallest absolute Gasteiger partial charge is 0.247 e. The van der Waals surface area contributed by atoms with E-state index in [-0.39, 0.29) is 43.3 Å². The van der Waals surface area contributed by atoms with Crippen molar-refractivity contribution in [3.8, 4) is 0 Å². The number of amides is 3. The Morgan fingerprint density at radius 1 is 0.900 bits per heavy atom. The van der Waals surface area contributed by atoms with Crippen molar-refractivity contribution in [2.45, 2.75) is 70.0 Å². The molecule has 2 N–H and O–H groups in total. The number of hydrogen-bond acceptors (Lipinski definition) is 4. The van der Waals surface area contributed by atoms with Gasteiger partial charge in [0.2, 0.25) is 17.7 Å². The van der Waals surface area contributed by atoms with E-state index >= 15 is 0 Å². The van der Waals surface area contributed by atoms with Crippen molar-refractivity contribution in [3.63, 3.8) is 0 Å². The van der Waals surface area contributed by atoms with E-state index < -0.39 is 29.5 Å². The summed E-state index contributed by atoms with van der Waals surface area (Å²) in [7, 11) is 0. The molecule has 1 aliphatic rings. The van der Waals surface area contributed by atoms with Crippen molar-refractivity contribution < 1.29 is 23.2 Å². The van der Waals surface area contributed by atoms with E-state index in [1.807, 2.05) is 0 Å². The van der Waals surface area contributed by atoms with Crippen LogP contribution in [0.5, 0.6) is 0 Å². The third-order valence-corrected chi connectivity index (χ3v) is 7.04. The number of nitrogens with one attached hydrogen (secondary N) is 2. The Kier molecular flexibility index (Phi) is 10.3. The molecule has 1 saturated carbocycles. The summed E-state index contributed by atoms with van der Waals surface area (Å²) in [6.07, 6.45) is 6.60. The fourth-order valence-electron chi connectivity index (χ4n) is 4.96. The van der Waals surface area contributed by atoms with Crippen LogP contribution in [-0.4, -0.2) is 33.6 Å². The van der Waals surface area contributed by atoms with E-state index in [0.29, 0.717) is 11.4 Å². The predicted molar refractivity (Wildman–Crippen MR) is 148 cm³/mol. The van der Waals surface area contributed by atoms with Crippen LogP contribution in [0.15, 0.2) is 72.9 Å². The van der Waals surface area contributed by atoms with Crippen LogP contribution < -0.4 is 10.6 Å². The van der Waals surface area contributed by atoms with E-state index in [0.717, 1.165) is 32.1 Å². The molecule has 1 fully saturated rings. The summed E-state index contributed by atoms with van der Waals surface area (Å²) in [4.78, 5) is 45.2. The number of nitrogens with zero attached hydrogens (tertiary/aromatic N) is 2. The van der Waals surface area contributed by atoms with Crippen LogP contribution in [0, 0.1) is 11.6 Å². The Labute approximate surface area is 233 Å². The highest BCUT2D eigenvalue weighted by Gasteiger charge is 2.33. The van der Waals surface area contributed by atoms with Crippen molar-refractivity contribution >= 4 is 23.5 Å². The quantitative estimate of drug-likeness (QED) is 0.322. The van der Waals surface area contributed by atoms with Gasteiger partial charge in [0, 0.05) is 37.2 Å². The van der Waals surface area contributed by atoms with Crippen molar-refractivity contribution in [2.75, 3.05) is 5.32 Å². The number of anilines is 1. The topological polar surface area (TPSA) is 91.4 Å². The fourth-order valence-corrected chi connectivity index (χ4v) is 4.96. The SMILES string of the molecule is O=C(CCCC(=O)N(Cc1ccccc1F)[C@@H](C(=O)NC1CCCCC1)c1ccc(F)cc1)Nc1ccccn1. The minimum Gasteiger partial charge on any atom is -0.351 e. The summed E-state index contributed by atoms with van der Waals surface area (Å²) in [5, 5.41) is 5.76. The summed E-state index contributed by atoms with van der Waals surface area (Å²) >= 11 is 0. The molecule has 2 aromatic carbocycles. The van der Waals surface area contributed by atoms with Gasteiger partial charge in [0.15, 0.2) is 0 Å². The second kappa shape index (κ2) is 14.3. The summed E-state index contributed by atoms with van der Waals surface area (Å²) in [5.41, 5.74) is 0.675. The van der Waals surface area contributed by atoms with Gasteiger partial charge in [-0.15, -0.1) is 0 Å². The molecule has 0 saturated heterocycles. The Bertz CT molecular complexity index is 1280. The van der Waals surface area contributed by atoms with E-state index in [4.69, 9.17) is 0 Å². The van der Waals surface area contributed by atoms with Gasteiger partial charge in [0.05, 0.1) is 0 Å². The number of carbonyl (C=O) groups excluding carboxylic acids is 3. The lowest BCUT2D eigenvalue weighted by atomic mass is 9.94. The molecule has 1 heterocycles. The number of hydrogen-bond donors (Lipinski definition) is 2. The van der Waals surface area contributed by atoms with Crippen LogP contribution >= 0.6 is 0 Å². The zero-order chi connectivity index (χ0) is 28.3. The first-order chi connectivity index (χ1) is 19.4. The van der Waals surface area contributed by atoms with Crippen LogP contribution in [0.25, 0.3) is 0 Å². The maximum Gasteiger partial charge on any atom is 0.247 e. The van der Waals surface area contributed by atoms with Crippen LogP contribution in [-0.2, 0) is 20.9 Å². The second-order valence-electron chi connectivity index (χ2n) is 10.0. The Hall–Kier alpha value is -4.14. The maximum atomic E-state index is 14.7. The van der Waals surface area contributed by atoms with Crippen LogP contribution in [0.1, 0.15) is 68.5 Å². The molecular weight excluding hydrogens is 514 g/mol. The number of aromatic nitrogens is 1. The minimum absolute atomic E-state index is 0.0232. The lowest BCUT2D eigenvalue weighted by Gasteiger charge is -2.33. The molecule has 1 aliphatic carbocycles. The van der Waals surface area contributed by atoms with E-state index in [1.54, 1.807) is 42.6 Å². The molecule has 3 aromatic rings. The highest BCUT2D eigenvalue weighted by Crippen LogP contribution is 2.28. The number of rotatable bonds is 11. The zero-order valence-electron chi connectivity index (χ0n) is 22.3. The van der Waals surface area contributed by atoms with Gasteiger partial charge in [-0.05, 0) is 55.2 Å². The summed E-state index contributed by atoms with van der Waals surface area (Å²) in [5.74, 6) is -1.66. The van der Waals surface area contributed by atoms with E-state index in [2.05, 4.69) is 15.6 Å². The van der Waals surface area contributed by atoms with Gasteiger partial charge >= 0.3 is 0 Å². The minimum atomic E-state index is -1.10. The van der Waals surface area contributed by atoms with Gasteiger partial charge in [0.25, 0.3) is 0 Å². The number of halogens is 2. The average Bonchev–Trinajstić information content (AvgIpc) is 2.95. The van der Waals surface area contributed by atoms with Crippen molar-refractivity contribution in [3.05, 3.63) is 95.7 Å². The molecular formula is C31H34F2N4O3. The molecule has 1 aromatic heterocycles. The van der Waals surface area contributed by atoms with Crippen LogP contribution in [0.4, 0.5) is 14.6 Å². The van der Waals surface area contributed by atoms with Gasteiger partial charge in [-0.1, -0.05) is 55.7 Å². The van der Waals surface area contributed by atoms with Gasteiger partial charge in [-0.25, -0.2) is 13.8 Å². The number of carbonyl (C=O) groups is 3. The first-order valence-electron chi connectivity index (χ1n) is 13.7. The fraction of sp³-hybridized carbons (Fsp3) is 0.355. The normalized spacial score (nSPS) is 14.2. The molecule has 7 nitrogen and oxygen atoms in total. The van der Waals surface area contributed by atoms with Gasteiger partial charge in [-0.2, -0.15) is 0 Å². The van der Waals surface area contributed by atoms with Crippen molar-refractivity contribution in [1.29, 1.82) is 0 Å². The predicted octanol–water partition coefficient (Wildman–Crippen LogP) is 5.69. The van der Waals surface area contributed by atoms with Gasteiger partial charge in [0.1, 0.15) is 23.5 Å². The lowest BCUT2D eigenvalue weighted by Crippen LogP contribution is -2.47. The average molecular weight is 549 g/mol. The molecule has 1 atom stereocenters. The van der Waals surface area contributed by atoms with E-state index in [1.165, 1.54) is 35.2 Å². The maximum absolute atomic E-state index is 14.7. The third kappa shape index (κ3) is 8.18. The number of benzene rings is 2. The van der Waals surface area contributed by atoms with Crippen molar-refractivity contribution in [1.82, 2.24) is 15.2 Å². The molecule has 40 heavy (non-hydrogen) atoms. The molecule has 0 aliphatic heterocycles. The van der Waals surface area contributed by atoms with Crippen molar-refractivity contribution in [2.24, 2.45) is 0 Å². The van der Waals surface area contributed by atoms with E-state index in [9.17, 15) is 23.2 Å². The first kappa shape index (κ1) is 28.9. The highest BCUT2D eigenvalue weighted by molar-refractivity contribution is 5.91. The first-order valence-corrected chi connectivity index (χ1v) is 13.7. The van der Waals surface area contributed by atoms with Crippen LogP contribution in [0.2, 0.25) is 0 Å². The third-order valence-electron chi connectivity index (χ3n) is 7.04. The molecule has 0 spiro atoms. The summed E-state index contributed by atoms with van der Waals surface area (Å²) < 4.78 is 28.5. The lowest BCUT2D eigenvalue weighted by molar-refractivity contribution is -0.142. The molecule has 9 heteroatoms. The molecule has 4 rings (SSSR count). The zero-order valence-corrected chi connectivity index (χ0v) is 22.3. The van der Waals surface area contributed by atoms with Gasteiger partial charge < -0.3 is 15.5 Å². The standard InChI is InChI=1S/C31H34F2N4O3/c32-24-18-16-22(17-19-24)30(31(40)35-25-10-2-1-3-11-25)37(21-23-9-4-5-12-26(23)33)29(39)15-8-14-28(38)36-27-13-6-7-20-34-27/h4-7,9,12-13,16-20,25,30H,1-3,8,10-11,14-15,21H2,(H,35,40)(H,34,36,38)/t30-/m1/s1. The summed E-state index contributed by atoms with van der Waals surface area (Å²) in [6.45, 7) is -0.161. The Morgan fingerprint density at radius 2 is 1.62 bits per heavy atom. The molecule has 0 bridgehead atoms. The highest BCUT2D eigenvalue weighted by atomic mass is 19.1. The monoisotopic (exact) mass is 548 g/mol. The molecule has 210 valence electrons. The summed E-state index contributed by atoms with van der Waals surface area (Å²) in [6, 6.07) is 15.5. The molecule has 0 unspecified atom stereocenters. The largest absolute Gasteiger partial charge is 0.351 e. The molecule has 3 amide bonds. The van der Waals surface area contributed by atoms with Crippen LogP contribution in [0.3, 0.4) is 0 Å². The Balaban J connectivity index is 1.55. The van der Waals surface area contributed by atoms with Gasteiger partial charge in [-0.3, -0.25) is 14.4 Å².